The van der Waals surface area contributed by atoms with E-state index in [1.807, 2.05) is 6.07 Å². The summed E-state index contributed by atoms with van der Waals surface area (Å²) in [6.07, 6.45) is 2.28. The molecule has 0 fully saturated rings. The van der Waals surface area contributed by atoms with Crippen molar-refractivity contribution in [3.63, 3.8) is 0 Å². The van der Waals surface area contributed by atoms with Gasteiger partial charge in [0.05, 0.1) is 23.6 Å². The summed E-state index contributed by atoms with van der Waals surface area (Å²) in [5.74, 6) is -0.983. The molecule has 1 aromatic carbocycles. The average molecular weight is 444 g/mol. The van der Waals surface area contributed by atoms with E-state index in [1.54, 1.807) is 19.1 Å². The fraction of sp³-hybridized carbons (Fsp3) is 0.211. The van der Waals surface area contributed by atoms with E-state index in [9.17, 15) is 17.6 Å². The van der Waals surface area contributed by atoms with Crippen LogP contribution in [-0.4, -0.2) is 47.4 Å². The number of hydrogen-bond donors (Lipinski definition) is 1. The van der Waals surface area contributed by atoms with Gasteiger partial charge in [-0.3, -0.25) is 4.79 Å². The number of methoxy groups -OCH3 is 1. The van der Waals surface area contributed by atoms with Gasteiger partial charge in [0.15, 0.2) is 21.5 Å². The zero-order chi connectivity index (χ0) is 22.8. The van der Waals surface area contributed by atoms with Crippen LogP contribution in [0.4, 0.5) is 4.39 Å². The van der Waals surface area contributed by atoms with E-state index in [-0.39, 0.29) is 22.3 Å². The van der Waals surface area contributed by atoms with Gasteiger partial charge in [-0.1, -0.05) is 0 Å². The number of amides is 1. The summed E-state index contributed by atoms with van der Waals surface area (Å²) in [5, 5.41) is 15.7. The summed E-state index contributed by atoms with van der Waals surface area (Å²) in [4.78, 5) is 20.7. The second kappa shape index (κ2) is 8.49. The van der Waals surface area contributed by atoms with E-state index in [0.29, 0.717) is 11.4 Å². The lowest BCUT2D eigenvalue weighted by molar-refractivity contribution is 0.0937. The summed E-state index contributed by atoms with van der Waals surface area (Å²) in [6.45, 7) is 1.61. The molecule has 2 aromatic heterocycles. The van der Waals surface area contributed by atoms with Crippen molar-refractivity contribution in [3.05, 3.63) is 59.3 Å². The normalized spacial score (nSPS) is 12.1. The highest BCUT2D eigenvalue weighted by Gasteiger charge is 2.22. The lowest BCUT2D eigenvalue weighted by atomic mass is 10.2. The predicted octanol–water partition coefficient (Wildman–Crippen LogP) is 1.58. The van der Waals surface area contributed by atoms with Crippen LogP contribution in [0, 0.1) is 17.1 Å². The predicted molar refractivity (Wildman–Crippen MR) is 106 cm³/mol. The second-order valence-corrected chi connectivity index (χ2v) is 8.54. The van der Waals surface area contributed by atoms with Crippen LogP contribution in [0.2, 0.25) is 0 Å². The first kappa shape index (κ1) is 21.8. The molecule has 1 atom stereocenters. The van der Waals surface area contributed by atoms with Gasteiger partial charge in [0.1, 0.15) is 11.9 Å². The first-order valence-electron chi connectivity index (χ1n) is 8.81. The molecule has 0 aliphatic carbocycles. The minimum atomic E-state index is -3.70. The van der Waals surface area contributed by atoms with Crippen LogP contribution in [0.5, 0.6) is 6.01 Å². The van der Waals surface area contributed by atoms with Crippen LogP contribution < -0.4 is 10.1 Å². The number of ether oxygens (including phenoxy) is 1. The smallest absolute Gasteiger partial charge is 0.335 e. The van der Waals surface area contributed by atoms with E-state index in [4.69, 9.17) is 10.00 Å². The van der Waals surface area contributed by atoms with Gasteiger partial charge in [-0.2, -0.15) is 14.9 Å². The maximum atomic E-state index is 13.9. The first-order chi connectivity index (χ1) is 14.6. The number of benzene rings is 1. The van der Waals surface area contributed by atoms with Crippen LogP contribution in [-0.2, 0) is 9.84 Å². The number of nitrogens with zero attached hydrogens (tertiary/aromatic N) is 5. The average Bonchev–Trinajstić information content (AvgIpc) is 3.17. The molecule has 10 nitrogen and oxygen atoms in total. The molecule has 31 heavy (non-hydrogen) atoms. The van der Waals surface area contributed by atoms with Crippen molar-refractivity contribution in [1.29, 1.82) is 5.26 Å². The van der Waals surface area contributed by atoms with E-state index in [1.165, 1.54) is 18.0 Å². The Morgan fingerprint density at radius 3 is 2.65 bits per heavy atom. The van der Waals surface area contributed by atoms with Crippen molar-refractivity contribution in [1.82, 2.24) is 25.1 Å². The Labute approximate surface area is 177 Å². The maximum absolute atomic E-state index is 13.9. The number of halogens is 1. The molecule has 0 aliphatic rings. The van der Waals surface area contributed by atoms with Crippen molar-refractivity contribution in [2.24, 2.45) is 0 Å². The molecule has 0 spiro atoms. The molecule has 0 unspecified atom stereocenters. The zero-order valence-electron chi connectivity index (χ0n) is 16.7. The molecule has 3 rings (SSSR count). The molecular weight excluding hydrogens is 427 g/mol. The van der Waals surface area contributed by atoms with Gasteiger partial charge in [-0.25, -0.2) is 17.8 Å². The summed E-state index contributed by atoms with van der Waals surface area (Å²) in [5.41, 5.74) is 0.188. The topological polar surface area (TPSA) is 140 Å². The monoisotopic (exact) mass is 444 g/mol. The first-order valence-corrected chi connectivity index (χ1v) is 10.7. The summed E-state index contributed by atoms with van der Waals surface area (Å²) < 4.78 is 43.7. The highest BCUT2D eigenvalue weighted by atomic mass is 32.2. The van der Waals surface area contributed by atoms with Crippen LogP contribution in [0.15, 0.2) is 41.4 Å². The Bertz CT molecular complexity index is 1280. The number of pyridine rings is 1. The summed E-state index contributed by atoms with van der Waals surface area (Å²) in [7, 11) is -2.33. The number of nitrogens with one attached hydrogen (secondary N) is 1. The van der Waals surface area contributed by atoms with Gasteiger partial charge >= 0.3 is 6.01 Å². The van der Waals surface area contributed by atoms with Crippen LogP contribution in [0.3, 0.4) is 0 Å². The number of carbonyl (C=O) groups is 1. The van der Waals surface area contributed by atoms with Crippen LogP contribution in [0.1, 0.15) is 34.7 Å². The molecule has 2 heterocycles. The third-order valence-electron chi connectivity index (χ3n) is 4.19. The van der Waals surface area contributed by atoms with Gasteiger partial charge in [-0.15, -0.1) is 5.10 Å². The van der Waals surface area contributed by atoms with E-state index in [2.05, 4.69) is 20.4 Å². The molecule has 0 saturated carbocycles. The quantitative estimate of drug-likeness (QED) is 0.604. The lowest BCUT2D eigenvalue weighted by Gasteiger charge is -2.14. The van der Waals surface area contributed by atoms with Gasteiger partial charge in [-0.05, 0) is 37.3 Å². The van der Waals surface area contributed by atoms with E-state index < -0.39 is 27.6 Å². The maximum Gasteiger partial charge on any atom is 0.335 e. The largest absolute Gasteiger partial charge is 0.466 e. The summed E-state index contributed by atoms with van der Waals surface area (Å²) >= 11 is 0. The minimum absolute atomic E-state index is 0.0207. The van der Waals surface area contributed by atoms with Crippen molar-refractivity contribution in [2.45, 2.75) is 17.9 Å². The molecule has 0 saturated heterocycles. The van der Waals surface area contributed by atoms with Gasteiger partial charge in [0.2, 0.25) is 0 Å². The second-order valence-electron chi connectivity index (χ2n) is 6.53. The molecule has 0 aliphatic heterocycles. The molecule has 160 valence electrons. The van der Waals surface area contributed by atoms with E-state index >= 15 is 0 Å². The Morgan fingerprint density at radius 1 is 1.32 bits per heavy atom. The molecule has 12 heteroatoms. The number of aromatic nitrogens is 4. The van der Waals surface area contributed by atoms with Gasteiger partial charge in [0.25, 0.3) is 5.91 Å². The number of carbonyl (C=O) groups excluding carboxylic acids is 1. The van der Waals surface area contributed by atoms with Gasteiger partial charge < -0.3 is 10.1 Å². The number of hydrogen-bond acceptors (Lipinski definition) is 8. The van der Waals surface area contributed by atoms with Crippen molar-refractivity contribution < 1.29 is 22.3 Å². The van der Waals surface area contributed by atoms with Gasteiger partial charge in [0, 0.05) is 18.0 Å². The van der Waals surface area contributed by atoms with Crippen molar-refractivity contribution >= 4 is 15.7 Å². The Balaban J connectivity index is 1.92. The molecule has 0 bridgehead atoms. The number of nitriles is 1. The molecule has 3 aromatic rings. The zero-order valence-corrected chi connectivity index (χ0v) is 17.5. The van der Waals surface area contributed by atoms with Crippen LogP contribution >= 0.6 is 0 Å². The lowest BCUT2D eigenvalue weighted by Crippen LogP contribution is -2.29. The third kappa shape index (κ3) is 4.84. The standard InChI is InChI=1S/C19H17FN6O4S/c1-11(23-18(27)13-6-14(20)8-15(7-13)31(3,28)29)17-24-19(30-2)25-26(17)16-5-4-12(9-21)10-22-16/h4-8,10-11H,1-3H3,(H,23,27)/t11-/m0/s1. The molecular formula is C19H17FN6O4S. The minimum Gasteiger partial charge on any atom is -0.466 e. The highest BCUT2D eigenvalue weighted by Crippen LogP contribution is 2.20. The number of rotatable bonds is 6. The Morgan fingerprint density at radius 2 is 2.06 bits per heavy atom. The summed E-state index contributed by atoms with van der Waals surface area (Å²) in [6, 6.07) is 7.20. The highest BCUT2D eigenvalue weighted by molar-refractivity contribution is 7.90. The SMILES string of the molecule is COc1nc([C@H](C)NC(=O)c2cc(F)cc(S(C)(=O)=O)c2)n(-c2ccc(C#N)cn2)n1. The molecule has 0 radical (unpaired) electrons. The fourth-order valence-corrected chi connectivity index (χ4v) is 3.34. The number of sulfone groups is 1. The Hall–Kier alpha value is -3.85. The molecule has 1 N–H and O–H groups in total. The van der Waals surface area contributed by atoms with Crippen LogP contribution in [0.25, 0.3) is 5.82 Å². The van der Waals surface area contributed by atoms with E-state index in [0.717, 1.165) is 24.5 Å². The Kier molecular flexibility index (Phi) is 5.98. The molecule has 1 amide bonds. The van der Waals surface area contributed by atoms with Crippen molar-refractivity contribution in [2.75, 3.05) is 13.4 Å². The van der Waals surface area contributed by atoms with Crippen molar-refractivity contribution in [3.8, 4) is 17.9 Å². The fourth-order valence-electron chi connectivity index (χ4n) is 2.67. The third-order valence-corrected chi connectivity index (χ3v) is 5.28.